The number of amides is 1. The van der Waals surface area contributed by atoms with E-state index in [0.29, 0.717) is 11.4 Å². The lowest BCUT2D eigenvalue weighted by molar-refractivity contribution is 0.102. The standard InChI is InChI=1S/C24H29N7O2/c1-29-12-14-30(15-13-29)19-4-2-17(3-5-19)28-24(33)22-21(7-9-25-23(22)32)27-18-8-11-31-20(16-18)6-10-26-31/h2-7,9-10,18H,8,11-16H2,1H3,(H,28,33)(H2,25,27,32). The maximum absolute atomic E-state index is 13.1. The zero-order valence-corrected chi connectivity index (χ0v) is 18.8. The van der Waals surface area contributed by atoms with Crippen molar-refractivity contribution in [2.24, 2.45) is 0 Å². The molecule has 9 nitrogen and oxygen atoms in total. The summed E-state index contributed by atoms with van der Waals surface area (Å²) in [5.74, 6) is -0.424. The first-order chi connectivity index (χ1) is 16.1. The van der Waals surface area contributed by atoms with Crippen molar-refractivity contribution in [1.82, 2.24) is 19.7 Å². The van der Waals surface area contributed by atoms with Crippen LogP contribution in [0.2, 0.25) is 0 Å². The summed E-state index contributed by atoms with van der Waals surface area (Å²) in [7, 11) is 2.13. The van der Waals surface area contributed by atoms with Gasteiger partial charge in [0.25, 0.3) is 11.5 Å². The van der Waals surface area contributed by atoms with Gasteiger partial charge in [-0.15, -0.1) is 0 Å². The van der Waals surface area contributed by atoms with Crippen LogP contribution in [0.1, 0.15) is 22.5 Å². The first kappa shape index (κ1) is 21.3. The molecule has 2 aromatic heterocycles. The number of carbonyl (C=O) groups is 1. The van der Waals surface area contributed by atoms with E-state index in [1.165, 1.54) is 0 Å². The summed E-state index contributed by atoms with van der Waals surface area (Å²) in [6.45, 7) is 4.85. The minimum Gasteiger partial charge on any atom is -0.381 e. The van der Waals surface area contributed by atoms with E-state index in [1.54, 1.807) is 18.5 Å². The fraction of sp³-hybridized carbons (Fsp3) is 0.375. The Morgan fingerprint density at radius 3 is 2.64 bits per heavy atom. The fourth-order valence-electron chi connectivity index (χ4n) is 4.55. The van der Waals surface area contributed by atoms with Gasteiger partial charge in [-0.3, -0.25) is 14.3 Å². The summed E-state index contributed by atoms with van der Waals surface area (Å²) < 4.78 is 2.00. The largest absolute Gasteiger partial charge is 0.381 e. The Morgan fingerprint density at radius 1 is 1.06 bits per heavy atom. The Labute approximate surface area is 192 Å². The number of benzene rings is 1. The number of hydrogen-bond acceptors (Lipinski definition) is 6. The summed E-state index contributed by atoms with van der Waals surface area (Å²) in [5, 5.41) is 10.6. The lowest BCUT2D eigenvalue weighted by Crippen LogP contribution is -2.44. The predicted molar refractivity (Wildman–Crippen MR) is 129 cm³/mol. The van der Waals surface area contributed by atoms with E-state index in [4.69, 9.17) is 0 Å². The maximum Gasteiger partial charge on any atom is 0.263 e. The van der Waals surface area contributed by atoms with Gasteiger partial charge in [0.1, 0.15) is 5.56 Å². The second kappa shape index (κ2) is 9.11. The number of aryl methyl sites for hydroxylation is 1. The molecule has 1 aromatic carbocycles. The Morgan fingerprint density at radius 2 is 1.85 bits per heavy atom. The van der Waals surface area contributed by atoms with Crippen molar-refractivity contribution in [2.75, 3.05) is 48.8 Å². The molecule has 3 aromatic rings. The number of nitrogens with zero attached hydrogens (tertiary/aromatic N) is 4. The van der Waals surface area contributed by atoms with Crippen LogP contribution < -0.4 is 21.1 Å². The van der Waals surface area contributed by atoms with Gasteiger partial charge in [-0.05, 0) is 49.9 Å². The normalized spacial score (nSPS) is 18.6. The zero-order valence-electron chi connectivity index (χ0n) is 18.8. The summed E-state index contributed by atoms with van der Waals surface area (Å²) >= 11 is 0. The highest BCUT2D eigenvalue weighted by molar-refractivity contribution is 6.07. The van der Waals surface area contributed by atoms with Crippen molar-refractivity contribution >= 4 is 23.0 Å². The number of hydrogen-bond donors (Lipinski definition) is 3. The molecule has 1 unspecified atom stereocenters. The van der Waals surface area contributed by atoms with E-state index in [-0.39, 0.29) is 11.6 Å². The summed E-state index contributed by atoms with van der Waals surface area (Å²) in [5.41, 5.74) is 3.18. The van der Waals surface area contributed by atoms with Crippen LogP contribution in [0.5, 0.6) is 0 Å². The second-order valence-electron chi connectivity index (χ2n) is 8.77. The molecule has 1 amide bonds. The minimum atomic E-state index is -0.424. The molecule has 5 rings (SSSR count). The Kier molecular flexibility index (Phi) is 5.87. The molecule has 0 saturated carbocycles. The van der Waals surface area contributed by atoms with Gasteiger partial charge in [-0.2, -0.15) is 5.10 Å². The molecule has 0 aliphatic carbocycles. The van der Waals surface area contributed by atoms with Crippen LogP contribution in [0.4, 0.5) is 17.1 Å². The molecule has 4 heterocycles. The van der Waals surface area contributed by atoms with Crippen LogP contribution in [0.3, 0.4) is 0 Å². The predicted octanol–water partition coefficient (Wildman–Crippen LogP) is 2.00. The summed E-state index contributed by atoms with van der Waals surface area (Å²) in [4.78, 5) is 32.9. The molecule has 2 aliphatic rings. The number of H-pyrrole nitrogens is 1. The second-order valence-corrected chi connectivity index (χ2v) is 8.77. The molecular formula is C24H29N7O2. The van der Waals surface area contributed by atoms with Crippen LogP contribution in [0.15, 0.2) is 53.6 Å². The van der Waals surface area contributed by atoms with Crippen LogP contribution in [0.25, 0.3) is 0 Å². The monoisotopic (exact) mass is 447 g/mol. The maximum atomic E-state index is 13.1. The molecule has 33 heavy (non-hydrogen) atoms. The number of pyridine rings is 1. The summed E-state index contributed by atoms with van der Waals surface area (Å²) in [6, 6.07) is 11.7. The third-order valence-electron chi connectivity index (χ3n) is 6.49. The average Bonchev–Trinajstić information content (AvgIpc) is 3.28. The van der Waals surface area contributed by atoms with Gasteiger partial charge in [0.2, 0.25) is 0 Å². The van der Waals surface area contributed by atoms with Gasteiger partial charge >= 0.3 is 0 Å². The van der Waals surface area contributed by atoms with E-state index in [1.807, 2.05) is 35.0 Å². The number of likely N-dealkylation sites (N-methyl/N-ethyl adjacent to an activating group) is 1. The molecule has 0 radical (unpaired) electrons. The Bertz CT molecular complexity index is 1180. The van der Waals surface area contributed by atoms with E-state index in [0.717, 1.165) is 56.9 Å². The molecular weight excluding hydrogens is 418 g/mol. The molecule has 9 heteroatoms. The molecule has 0 bridgehead atoms. The first-order valence-corrected chi connectivity index (χ1v) is 11.4. The van der Waals surface area contributed by atoms with Crippen molar-refractivity contribution < 1.29 is 4.79 Å². The van der Waals surface area contributed by atoms with Crippen molar-refractivity contribution in [3.63, 3.8) is 0 Å². The number of carbonyl (C=O) groups excluding carboxylic acids is 1. The van der Waals surface area contributed by atoms with E-state index < -0.39 is 11.5 Å². The van der Waals surface area contributed by atoms with Gasteiger partial charge in [0, 0.05) is 74.6 Å². The molecule has 3 N–H and O–H groups in total. The number of aromatic nitrogens is 3. The lowest BCUT2D eigenvalue weighted by atomic mass is 10.0. The van der Waals surface area contributed by atoms with E-state index >= 15 is 0 Å². The highest BCUT2D eigenvalue weighted by Gasteiger charge is 2.23. The smallest absolute Gasteiger partial charge is 0.263 e. The number of rotatable bonds is 5. The van der Waals surface area contributed by atoms with Crippen molar-refractivity contribution in [2.45, 2.75) is 25.4 Å². The van der Waals surface area contributed by atoms with Crippen LogP contribution in [-0.2, 0) is 13.0 Å². The van der Waals surface area contributed by atoms with Gasteiger partial charge < -0.3 is 25.4 Å². The fourth-order valence-corrected chi connectivity index (χ4v) is 4.55. The van der Waals surface area contributed by atoms with Gasteiger partial charge in [-0.25, -0.2) is 0 Å². The Hall–Kier alpha value is -3.59. The van der Waals surface area contributed by atoms with Crippen molar-refractivity contribution in [1.29, 1.82) is 0 Å². The van der Waals surface area contributed by atoms with Gasteiger partial charge in [0.15, 0.2) is 0 Å². The number of anilines is 3. The highest BCUT2D eigenvalue weighted by atomic mass is 16.2. The van der Waals surface area contributed by atoms with Gasteiger partial charge in [-0.1, -0.05) is 0 Å². The SMILES string of the molecule is CN1CCN(c2ccc(NC(=O)c3c(NC4CCn5nccc5C4)cc[nH]c3=O)cc2)CC1. The number of piperazine rings is 1. The molecule has 1 fully saturated rings. The van der Waals surface area contributed by atoms with Crippen molar-refractivity contribution in [3.8, 4) is 0 Å². The third kappa shape index (κ3) is 4.63. The van der Waals surface area contributed by atoms with Crippen LogP contribution >= 0.6 is 0 Å². The number of fused-ring (bicyclic) bond motifs is 1. The molecule has 0 spiro atoms. The van der Waals surface area contributed by atoms with Crippen LogP contribution in [0, 0.1) is 0 Å². The minimum absolute atomic E-state index is 0.0970. The molecule has 2 aliphatic heterocycles. The Balaban J connectivity index is 1.28. The quantitative estimate of drug-likeness (QED) is 0.554. The third-order valence-corrected chi connectivity index (χ3v) is 6.49. The van der Waals surface area contributed by atoms with Crippen LogP contribution in [-0.4, -0.2) is 64.8 Å². The average molecular weight is 448 g/mol. The topological polar surface area (TPSA) is 98.3 Å². The molecule has 1 saturated heterocycles. The summed E-state index contributed by atoms with van der Waals surface area (Å²) in [6.07, 6.45) is 5.04. The highest BCUT2D eigenvalue weighted by Crippen LogP contribution is 2.22. The van der Waals surface area contributed by atoms with E-state index in [2.05, 4.69) is 37.6 Å². The zero-order chi connectivity index (χ0) is 22.8. The molecule has 172 valence electrons. The van der Waals surface area contributed by atoms with Crippen molar-refractivity contribution in [3.05, 3.63) is 70.4 Å². The number of aromatic amines is 1. The first-order valence-electron chi connectivity index (χ1n) is 11.4. The lowest BCUT2D eigenvalue weighted by Gasteiger charge is -2.34. The number of nitrogens with one attached hydrogen (secondary N) is 3. The van der Waals surface area contributed by atoms with Gasteiger partial charge in [0.05, 0.1) is 5.69 Å². The molecule has 1 atom stereocenters. The van der Waals surface area contributed by atoms with E-state index in [9.17, 15) is 9.59 Å².